The molecule has 4 rings (SSSR count). The van der Waals surface area contributed by atoms with Crippen LogP contribution in [0.1, 0.15) is 34.7 Å². The fourth-order valence-electron chi connectivity index (χ4n) is 3.78. The van der Waals surface area contributed by atoms with Gasteiger partial charge in [-0.1, -0.05) is 60.7 Å². The number of hydrogen-bond donors (Lipinski definition) is 2. The maximum absolute atomic E-state index is 12.2. The molecule has 2 aromatic carbocycles. The van der Waals surface area contributed by atoms with E-state index in [1.807, 2.05) is 49.4 Å². The number of aromatic nitrogens is 1. The smallest absolute Gasteiger partial charge is 0.407 e. The number of carbonyl (C=O) groups is 1. The van der Waals surface area contributed by atoms with Gasteiger partial charge in [0.25, 0.3) is 0 Å². The summed E-state index contributed by atoms with van der Waals surface area (Å²) in [6.45, 7) is 2.70. The van der Waals surface area contributed by atoms with Gasteiger partial charge in [-0.25, -0.2) is 4.79 Å². The number of carbonyl (C=O) groups excluding carboxylic acids is 1. The molecule has 0 spiro atoms. The van der Waals surface area contributed by atoms with Gasteiger partial charge in [-0.3, -0.25) is 4.98 Å². The molecule has 1 aliphatic rings. The molecule has 1 aliphatic carbocycles. The lowest BCUT2D eigenvalue weighted by Gasteiger charge is -2.14. The number of aryl methyl sites for hydroxylation is 1. The second-order valence-electron chi connectivity index (χ2n) is 7.39. The zero-order chi connectivity index (χ0) is 20.9. The molecule has 0 radical (unpaired) electrons. The maximum Gasteiger partial charge on any atom is 0.407 e. The van der Waals surface area contributed by atoms with Crippen LogP contribution < -0.4 is 11.1 Å². The van der Waals surface area contributed by atoms with E-state index in [0.717, 1.165) is 11.3 Å². The van der Waals surface area contributed by atoms with Gasteiger partial charge in [0, 0.05) is 18.7 Å². The third-order valence-corrected chi connectivity index (χ3v) is 5.38. The van der Waals surface area contributed by atoms with Crippen LogP contribution in [-0.4, -0.2) is 24.2 Å². The number of nitrogen functional groups attached to an aromatic ring is 1. The molecule has 3 N–H and O–H groups in total. The largest absolute Gasteiger partial charge is 0.449 e. The summed E-state index contributed by atoms with van der Waals surface area (Å²) < 4.78 is 5.53. The van der Waals surface area contributed by atoms with E-state index in [9.17, 15) is 4.79 Å². The molecule has 0 saturated carbocycles. The third kappa shape index (κ3) is 4.20. The molecule has 3 aromatic rings. The molecule has 0 bridgehead atoms. The van der Waals surface area contributed by atoms with Crippen molar-refractivity contribution in [2.24, 2.45) is 0 Å². The Morgan fingerprint density at radius 1 is 1.13 bits per heavy atom. The number of rotatable bonds is 6. The maximum atomic E-state index is 12.2. The molecule has 0 aliphatic heterocycles. The van der Waals surface area contributed by atoms with Crippen molar-refractivity contribution in [3.8, 4) is 11.1 Å². The molecular weight excluding hydrogens is 374 g/mol. The first-order valence-corrected chi connectivity index (χ1v) is 10.1. The number of amides is 1. The third-order valence-electron chi connectivity index (χ3n) is 5.38. The van der Waals surface area contributed by atoms with Crippen LogP contribution in [0, 0.1) is 6.92 Å². The minimum absolute atomic E-state index is 0.0718. The molecule has 0 saturated heterocycles. The van der Waals surface area contributed by atoms with Gasteiger partial charge in [0.15, 0.2) is 0 Å². The molecule has 0 fully saturated rings. The Labute approximate surface area is 176 Å². The second kappa shape index (κ2) is 8.82. The Bertz CT molecular complexity index is 1050. The summed E-state index contributed by atoms with van der Waals surface area (Å²) in [5.41, 5.74) is 13.2. The van der Waals surface area contributed by atoms with E-state index in [2.05, 4.69) is 34.6 Å². The van der Waals surface area contributed by atoms with Crippen LogP contribution in [-0.2, 0) is 4.74 Å². The van der Waals surface area contributed by atoms with Crippen molar-refractivity contribution in [2.45, 2.75) is 19.3 Å². The van der Waals surface area contributed by atoms with Crippen molar-refractivity contribution in [1.29, 1.82) is 0 Å². The fourth-order valence-corrected chi connectivity index (χ4v) is 3.78. The Hall–Kier alpha value is -3.60. The minimum Gasteiger partial charge on any atom is -0.449 e. The van der Waals surface area contributed by atoms with Gasteiger partial charge < -0.3 is 15.8 Å². The molecule has 5 nitrogen and oxygen atoms in total. The number of nitrogens with two attached hydrogens (primary N) is 1. The van der Waals surface area contributed by atoms with Crippen molar-refractivity contribution >= 4 is 17.9 Å². The first kappa shape index (κ1) is 19.7. The average molecular weight is 399 g/mol. The van der Waals surface area contributed by atoms with Crippen molar-refractivity contribution < 1.29 is 9.53 Å². The Balaban J connectivity index is 1.27. The summed E-state index contributed by atoms with van der Waals surface area (Å²) in [5.74, 6) is 0.0718. The van der Waals surface area contributed by atoms with E-state index < -0.39 is 6.09 Å². The Morgan fingerprint density at radius 3 is 2.47 bits per heavy atom. The van der Waals surface area contributed by atoms with Crippen LogP contribution in [0.4, 0.5) is 10.5 Å². The monoisotopic (exact) mass is 399 g/mol. The van der Waals surface area contributed by atoms with Gasteiger partial charge in [-0.15, -0.1) is 0 Å². The highest BCUT2D eigenvalue weighted by molar-refractivity contribution is 5.79. The predicted molar refractivity (Wildman–Crippen MR) is 120 cm³/mol. The SMILES string of the molecule is Cc1ncc(C=CCCNC(=O)OCC2c3ccccc3-c3ccccc32)cc1N. The average Bonchev–Trinajstić information content (AvgIpc) is 3.08. The zero-order valence-corrected chi connectivity index (χ0v) is 17.0. The molecule has 1 amide bonds. The van der Waals surface area contributed by atoms with Crippen LogP contribution in [0.3, 0.4) is 0 Å². The number of hydrogen-bond acceptors (Lipinski definition) is 4. The summed E-state index contributed by atoms with van der Waals surface area (Å²) in [6, 6.07) is 18.5. The first-order valence-electron chi connectivity index (χ1n) is 10.1. The van der Waals surface area contributed by atoms with Crippen LogP contribution in [0.2, 0.25) is 0 Å². The lowest BCUT2D eigenvalue weighted by Crippen LogP contribution is -2.26. The van der Waals surface area contributed by atoms with Crippen molar-refractivity contribution in [1.82, 2.24) is 10.3 Å². The summed E-state index contributed by atoms with van der Waals surface area (Å²) in [4.78, 5) is 16.4. The standard InChI is InChI=1S/C25H25N3O2/c1-17-24(26)14-18(15-28-17)8-6-7-13-27-25(29)30-16-23-21-11-4-2-9-19(21)20-10-3-5-12-22(20)23/h2-6,8-12,14-15,23H,7,13,16,26H2,1H3,(H,27,29). The summed E-state index contributed by atoms with van der Waals surface area (Å²) >= 11 is 0. The highest BCUT2D eigenvalue weighted by atomic mass is 16.5. The minimum atomic E-state index is -0.397. The van der Waals surface area contributed by atoms with Gasteiger partial charge >= 0.3 is 6.09 Å². The van der Waals surface area contributed by atoms with Crippen LogP contribution in [0.15, 0.2) is 66.9 Å². The van der Waals surface area contributed by atoms with Crippen LogP contribution in [0.25, 0.3) is 17.2 Å². The highest BCUT2D eigenvalue weighted by Gasteiger charge is 2.28. The topological polar surface area (TPSA) is 77.2 Å². The van der Waals surface area contributed by atoms with Crippen LogP contribution in [0.5, 0.6) is 0 Å². The number of nitrogens with one attached hydrogen (secondary N) is 1. The van der Waals surface area contributed by atoms with E-state index in [0.29, 0.717) is 25.3 Å². The molecular formula is C25H25N3O2. The van der Waals surface area contributed by atoms with Gasteiger partial charge in [0.05, 0.1) is 11.4 Å². The summed E-state index contributed by atoms with van der Waals surface area (Å²) in [5, 5.41) is 2.81. The normalized spacial score (nSPS) is 12.6. The molecule has 5 heteroatoms. The quantitative estimate of drug-likeness (QED) is 0.577. The highest BCUT2D eigenvalue weighted by Crippen LogP contribution is 2.44. The number of ether oxygens (including phenoxy) is 1. The fraction of sp³-hybridized carbons (Fsp3) is 0.200. The number of pyridine rings is 1. The molecule has 0 unspecified atom stereocenters. The van der Waals surface area contributed by atoms with Gasteiger partial charge in [-0.2, -0.15) is 0 Å². The van der Waals surface area contributed by atoms with Crippen LogP contribution >= 0.6 is 0 Å². The Morgan fingerprint density at radius 2 is 1.80 bits per heavy atom. The summed E-state index contributed by atoms with van der Waals surface area (Å²) in [6.07, 6.45) is 6.00. The second-order valence-corrected chi connectivity index (χ2v) is 7.39. The number of anilines is 1. The molecule has 30 heavy (non-hydrogen) atoms. The molecule has 152 valence electrons. The van der Waals surface area contributed by atoms with Gasteiger partial charge in [-0.05, 0) is 47.2 Å². The summed E-state index contributed by atoms with van der Waals surface area (Å²) in [7, 11) is 0. The zero-order valence-electron chi connectivity index (χ0n) is 17.0. The van der Waals surface area contributed by atoms with Gasteiger partial charge in [0.2, 0.25) is 0 Å². The van der Waals surface area contributed by atoms with E-state index >= 15 is 0 Å². The van der Waals surface area contributed by atoms with E-state index in [4.69, 9.17) is 10.5 Å². The van der Waals surface area contributed by atoms with E-state index in [-0.39, 0.29) is 5.92 Å². The Kier molecular flexibility index (Phi) is 5.80. The number of fused-ring (bicyclic) bond motifs is 3. The number of alkyl carbamates (subject to hydrolysis) is 1. The van der Waals surface area contributed by atoms with Crippen molar-refractivity contribution in [3.05, 3.63) is 89.3 Å². The van der Waals surface area contributed by atoms with Crippen molar-refractivity contribution in [2.75, 3.05) is 18.9 Å². The predicted octanol–water partition coefficient (Wildman–Crippen LogP) is 4.91. The van der Waals surface area contributed by atoms with Crippen molar-refractivity contribution in [3.63, 3.8) is 0 Å². The van der Waals surface area contributed by atoms with E-state index in [1.54, 1.807) is 6.20 Å². The lowest BCUT2D eigenvalue weighted by atomic mass is 9.98. The van der Waals surface area contributed by atoms with Gasteiger partial charge in [0.1, 0.15) is 6.61 Å². The number of nitrogens with zero attached hydrogens (tertiary/aromatic N) is 1. The van der Waals surface area contributed by atoms with E-state index in [1.165, 1.54) is 22.3 Å². The first-order chi connectivity index (χ1) is 14.6. The molecule has 0 atom stereocenters. The lowest BCUT2D eigenvalue weighted by molar-refractivity contribution is 0.143. The molecule has 1 aromatic heterocycles. The number of benzene rings is 2. The molecule has 1 heterocycles.